The van der Waals surface area contributed by atoms with Crippen LogP contribution in [0.4, 0.5) is 13.2 Å². The fourth-order valence-electron chi connectivity index (χ4n) is 1.73. The zero-order valence-corrected chi connectivity index (χ0v) is 9.14. The minimum atomic E-state index is -4.63. The molecule has 0 saturated heterocycles. The molecule has 3 nitrogen and oxygen atoms in total. The molecule has 1 aliphatic rings. The van der Waals surface area contributed by atoms with Gasteiger partial charge in [-0.3, -0.25) is 0 Å². The van der Waals surface area contributed by atoms with Gasteiger partial charge in [-0.1, -0.05) is 0 Å². The van der Waals surface area contributed by atoms with Gasteiger partial charge >= 0.3 is 6.18 Å². The molecule has 1 aliphatic carbocycles. The summed E-state index contributed by atoms with van der Waals surface area (Å²) in [6.45, 7) is 0. The third-order valence-electron chi connectivity index (χ3n) is 2.95. The zero-order chi connectivity index (χ0) is 12.8. The summed E-state index contributed by atoms with van der Waals surface area (Å²) < 4.78 is 42.9. The second kappa shape index (κ2) is 3.53. The Bertz CT molecular complexity index is 426. The fraction of sp³-hybridized carbons (Fsp3) is 0.455. The van der Waals surface area contributed by atoms with E-state index in [-0.39, 0.29) is 11.3 Å². The quantitative estimate of drug-likeness (QED) is 0.843. The largest absolute Gasteiger partial charge is 0.507 e. The molecule has 0 amide bonds. The van der Waals surface area contributed by atoms with E-state index in [0.29, 0.717) is 12.8 Å². The molecule has 1 aromatic rings. The van der Waals surface area contributed by atoms with Gasteiger partial charge < -0.3 is 15.6 Å². The highest BCUT2D eigenvalue weighted by Crippen LogP contribution is 2.50. The number of halogens is 3. The molecular weight excluding hydrogens is 235 g/mol. The summed E-state index contributed by atoms with van der Waals surface area (Å²) in [6, 6.07) is 2.13. The van der Waals surface area contributed by atoms with Crippen molar-refractivity contribution in [2.75, 3.05) is 7.11 Å². The Morgan fingerprint density at radius 2 is 1.94 bits per heavy atom. The highest BCUT2D eigenvalue weighted by atomic mass is 19.4. The molecule has 0 radical (unpaired) electrons. The van der Waals surface area contributed by atoms with E-state index in [1.807, 2.05) is 0 Å². The molecule has 6 heteroatoms. The molecule has 0 atom stereocenters. The third kappa shape index (κ3) is 2.04. The van der Waals surface area contributed by atoms with Crippen molar-refractivity contribution < 1.29 is 23.0 Å². The molecule has 2 rings (SSSR count). The van der Waals surface area contributed by atoms with Crippen molar-refractivity contribution in [2.45, 2.75) is 24.6 Å². The number of alkyl halides is 3. The molecular formula is C11H12F3NO2. The summed E-state index contributed by atoms with van der Waals surface area (Å²) >= 11 is 0. The van der Waals surface area contributed by atoms with Gasteiger partial charge in [0.1, 0.15) is 17.1 Å². The number of ether oxygens (including phenoxy) is 1. The Labute approximate surface area is 96.0 Å². The van der Waals surface area contributed by atoms with Crippen LogP contribution in [-0.2, 0) is 11.7 Å². The lowest BCUT2D eigenvalue weighted by Gasteiger charge is -2.18. The van der Waals surface area contributed by atoms with E-state index in [4.69, 9.17) is 10.5 Å². The molecule has 17 heavy (non-hydrogen) atoms. The lowest BCUT2D eigenvalue weighted by Crippen LogP contribution is -2.20. The fourth-order valence-corrected chi connectivity index (χ4v) is 1.73. The number of phenols is 1. The molecule has 1 aromatic carbocycles. The van der Waals surface area contributed by atoms with Gasteiger partial charge in [-0.2, -0.15) is 13.2 Å². The predicted molar refractivity (Wildman–Crippen MR) is 54.8 cm³/mol. The van der Waals surface area contributed by atoms with Crippen LogP contribution in [0.1, 0.15) is 24.0 Å². The summed E-state index contributed by atoms with van der Waals surface area (Å²) in [5, 5.41) is 9.66. The molecule has 1 saturated carbocycles. The van der Waals surface area contributed by atoms with Gasteiger partial charge in [-0.05, 0) is 25.0 Å². The summed E-state index contributed by atoms with van der Waals surface area (Å²) in [5.41, 5.74) is 3.97. The van der Waals surface area contributed by atoms with E-state index in [2.05, 4.69) is 0 Å². The lowest BCUT2D eigenvalue weighted by molar-refractivity contribution is -0.138. The van der Waals surface area contributed by atoms with Gasteiger partial charge in [-0.15, -0.1) is 0 Å². The first-order chi connectivity index (χ1) is 7.78. The van der Waals surface area contributed by atoms with Crippen LogP contribution >= 0.6 is 0 Å². The topological polar surface area (TPSA) is 55.5 Å². The van der Waals surface area contributed by atoms with E-state index >= 15 is 0 Å². The minimum absolute atomic E-state index is 0.0434. The smallest absolute Gasteiger partial charge is 0.420 e. The molecule has 0 heterocycles. The number of nitrogens with two attached hydrogens (primary N) is 1. The summed E-state index contributed by atoms with van der Waals surface area (Å²) in [4.78, 5) is 0. The first kappa shape index (κ1) is 12.0. The molecule has 94 valence electrons. The van der Waals surface area contributed by atoms with Gasteiger partial charge in [0.15, 0.2) is 0 Å². The number of methoxy groups -OCH3 is 1. The van der Waals surface area contributed by atoms with Crippen LogP contribution in [-0.4, -0.2) is 12.2 Å². The molecule has 0 spiro atoms. The van der Waals surface area contributed by atoms with E-state index in [0.717, 1.165) is 6.07 Å². The highest BCUT2D eigenvalue weighted by molar-refractivity contribution is 5.52. The normalized spacial score (nSPS) is 17.9. The van der Waals surface area contributed by atoms with E-state index in [1.165, 1.54) is 13.2 Å². The number of phenolic OH excluding ortho intramolecular Hbond substituents is 1. The number of rotatable bonds is 2. The summed E-state index contributed by atoms with van der Waals surface area (Å²) in [6.07, 6.45) is -3.51. The highest BCUT2D eigenvalue weighted by Gasteiger charge is 2.45. The Hall–Kier alpha value is -1.43. The number of hydrogen-bond acceptors (Lipinski definition) is 3. The van der Waals surface area contributed by atoms with Crippen molar-refractivity contribution in [1.29, 1.82) is 0 Å². The maximum absolute atomic E-state index is 12.7. The zero-order valence-electron chi connectivity index (χ0n) is 9.14. The van der Waals surface area contributed by atoms with Gasteiger partial charge in [0, 0.05) is 11.1 Å². The van der Waals surface area contributed by atoms with Crippen molar-refractivity contribution in [2.24, 2.45) is 5.73 Å². The molecule has 0 unspecified atom stereocenters. The van der Waals surface area contributed by atoms with Crippen LogP contribution in [0.2, 0.25) is 0 Å². The minimum Gasteiger partial charge on any atom is -0.507 e. The third-order valence-corrected chi connectivity index (χ3v) is 2.95. The maximum Gasteiger partial charge on any atom is 0.420 e. The van der Waals surface area contributed by atoms with Gasteiger partial charge in [0.05, 0.1) is 7.11 Å². The number of hydrogen-bond donors (Lipinski definition) is 2. The average molecular weight is 247 g/mol. The SMILES string of the molecule is COc1cc(C(F)(F)F)c(O)c(C2(N)CC2)c1. The summed E-state index contributed by atoms with van der Waals surface area (Å²) in [7, 11) is 1.27. The van der Waals surface area contributed by atoms with Gasteiger partial charge in [0.2, 0.25) is 0 Å². The van der Waals surface area contributed by atoms with Crippen LogP contribution in [0, 0.1) is 0 Å². The molecule has 3 N–H and O–H groups in total. The lowest BCUT2D eigenvalue weighted by atomic mass is 10.00. The van der Waals surface area contributed by atoms with Crippen molar-refractivity contribution in [3.63, 3.8) is 0 Å². The average Bonchev–Trinajstić information content (AvgIpc) is 2.96. The van der Waals surface area contributed by atoms with Gasteiger partial charge in [-0.25, -0.2) is 0 Å². The Kier molecular flexibility index (Phi) is 2.50. The van der Waals surface area contributed by atoms with Crippen molar-refractivity contribution in [1.82, 2.24) is 0 Å². The van der Waals surface area contributed by atoms with Crippen molar-refractivity contribution in [3.8, 4) is 11.5 Å². The van der Waals surface area contributed by atoms with E-state index < -0.39 is 23.0 Å². The van der Waals surface area contributed by atoms with Crippen LogP contribution in [0.15, 0.2) is 12.1 Å². The number of aromatic hydroxyl groups is 1. The molecule has 0 bridgehead atoms. The van der Waals surface area contributed by atoms with Crippen LogP contribution in [0.5, 0.6) is 11.5 Å². The van der Waals surface area contributed by atoms with Crippen molar-refractivity contribution in [3.05, 3.63) is 23.3 Å². The first-order valence-electron chi connectivity index (χ1n) is 5.05. The van der Waals surface area contributed by atoms with Crippen molar-refractivity contribution >= 4 is 0 Å². The van der Waals surface area contributed by atoms with Crippen LogP contribution in [0.25, 0.3) is 0 Å². The Morgan fingerprint density at radius 1 is 1.35 bits per heavy atom. The van der Waals surface area contributed by atoms with E-state index in [1.54, 1.807) is 0 Å². The van der Waals surface area contributed by atoms with E-state index in [9.17, 15) is 18.3 Å². The van der Waals surface area contributed by atoms with Crippen LogP contribution in [0.3, 0.4) is 0 Å². The van der Waals surface area contributed by atoms with Gasteiger partial charge in [0.25, 0.3) is 0 Å². The summed E-state index contributed by atoms with van der Waals surface area (Å²) in [5.74, 6) is -0.750. The second-order valence-electron chi connectivity index (χ2n) is 4.23. The first-order valence-corrected chi connectivity index (χ1v) is 5.05. The monoisotopic (exact) mass is 247 g/mol. The van der Waals surface area contributed by atoms with Crippen LogP contribution < -0.4 is 10.5 Å². The Balaban J connectivity index is 2.60. The Morgan fingerprint density at radius 3 is 2.35 bits per heavy atom. The standard InChI is InChI=1S/C11H12F3NO2/c1-17-6-4-7(10(15)2-3-10)9(16)8(5-6)11(12,13)14/h4-5,16H,2-3,15H2,1H3. The maximum atomic E-state index is 12.7. The number of benzene rings is 1. The molecule has 0 aromatic heterocycles. The predicted octanol–water partition coefficient (Wildman–Crippen LogP) is 2.37. The molecule has 0 aliphatic heterocycles. The molecule has 1 fully saturated rings. The second-order valence-corrected chi connectivity index (χ2v) is 4.23.